The van der Waals surface area contributed by atoms with E-state index in [0.717, 1.165) is 36.3 Å². The number of aromatic nitrogens is 3. The maximum atomic E-state index is 12.6. The Balaban J connectivity index is 1.37. The molecule has 30 heavy (non-hydrogen) atoms. The van der Waals surface area contributed by atoms with Gasteiger partial charge in [-0.25, -0.2) is 0 Å². The zero-order valence-corrected chi connectivity index (χ0v) is 17.1. The number of nitrogens with zero attached hydrogens (tertiary/aromatic N) is 2. The predicted molar refractivity (Wildman–Crippen MR) is 115 cm³/mol. The molecule has 3 aromatic rings. The maximum absolute atomic E-state index is 12.6. The van der Waals surface area contributed by atoms with Crippen molar-refractivity contribution in [1.29, 1.82) is 0 Å². The van der Waals surface area contributed by atoms with Gasteiger partial charge in [-0.3, -0.25) is 14.7 Å². The largest absolute Gasteiger partial charge is 0.349 e. The molecule has 1 aliphatic heterocycles. The summed E-state index contributed by atoms with van der Waals surface area (Å²) in [5.74, 6) is 0.225. The summed E-state index contributed by atoms with van der Waals surface area (Å²) in [6.45, 7) is 0.721. The van der Waals surface area contributed by atoms with E-state index >= 15 is 0 Å². The number of fused-ring (bicyclic) bond motifs is 3. The zero-order chi connectivity index (χ0) is 20.7. The fourth-order valence-electron chi connectivity index (χ4n) is 4.33. The third-order valence-electron chi connectivity index (χ3n) is 5.89. The van der Waals surface area contributed by atoms with Crippen LogP contribution in [-0.2, 0) is 13.0 Å². The van der Waals surface area contributed by atoms with Gasteiger partial charge in [0, 0.05) is 34.9 Å². The van der Waals surface area contributed by atoms with Crippen molar-refractivity contribution in [3.63, 3.8) is 0 Å². The molecule has 0 atom stereocenters. The van der Waals surface area contributed by atoms with Crippen molar-refractivity contribution in [2.24, 2.45) is 0 Å². The molecule has 8 heteroatoms. The number of aromatic amines is 1. The molecule has 7 nitrogen and oxygen atoms in total. The van der Waals surface area contributed by atoms with Gasteiger partial charge in [-0.2, -0.15) is 5.10 Å². The van der Waals surface area contributed by atoms with E-state index in [1.54, 1.807) is 24.3 Å². The quantitative estimate of drug-likeness (QED) is 0.592. The highest BCUT2D eigenvalue weighted by Gasteiger charge is 2.26. The smallest absolute Gasteiger partial charge is 0.256 e. The number of amides is 2. The van der Waals surface area contributed by atoms with Gasteiger partial charge >= 0.3 is 0 Å². The number of carbonyl (C=O) groups is 2. The number of halogens is 1. The van der Waals surface area contributed by atoms with Crippen molar-refractivity contribution in [3.05, 3.63) is 58.2 Å². The van der Waals surface area contributed by atoms with Crippen LogP contribution in [0, 0.1) is 0 Å². The number of nitrogens with one attached hydrogen (secondary N) is 3. The molecule has 2 amide bonds. The van der Waals surface area contributed by atoms with Gasteiger partial charge in [0.1, 0.15) is 0 Å². The zero-order valence-electron chi connectivity index (χ0n) is 16.4. The van der Waals surface area contributed by atoms with E-state index in [1.807, 2.05) is 12.3 Å². The van der Waals surface area contributed by atoms with Crippen molar-refractivity contribution in [3.8, 4) is 11.4 Å². The molecule has 2 aliphatic rings. The van der Waals surface area contributed by atoms with Crippen LogP contribution in [0.5, 0.6) is 0 Å². The molecular formula is C22H22ClN5O2. The van der Waals surface area contributed by atoms with Crippen molar-refractivity contribution >= 4 is 29.2 Å². The van der Waals surface area contributed by atoms with Crippen LogP contribution in [0.4, 0.5) is 5.82 Å². The molecule has 0 bridgehead atoms. The first-order chi connectivity index (χ1) is 14.6. The molecule has 0 spiro atoms. The normalized spacial score (nSPS) is 15.5. The van der Waals surface area contributed by atoms with Gasteiger partial charge in [-0.1, -0.05) is 30.5 Å². The number of benzene rings is 1. The molecule has 1 aromatic carbocycles. The third kappa shape index (κ3) is 3.50. The van der Waals surface area contributed by atoms with Crippen LogP contribution in [0.15, 0.2) is 36.5 Å². The number of carbonyl (C=O) groups excluding carboxylic acids is 2. The Morgan fingerprint density at radius 2 is 1.97 bits per heavy atom. The number of hydrogen-bond donors (Lipinski definition) is 3. The summed E-state index contributed by atoms with van der Waals surface area (Å²) in [4.78, 5) is 25.2. The summed E-state index contributed by atoms with van der Waals surface area (Å²) >= 11 is 5.99. The first kappa shape index (κ1) is 18.9. The average Bonchev–Trinajstić information content (AvgIpc) is 3.47. The maximum Gasteiger partial charge on any atom is 0.256 e. The SMILES string of the molecule is O=C(Nc1n[nH]c2c1CCn1cc(C(=O)NC3CCCC3)cc1-2)c1cccc(Cl)c1. The molecule has 1 aliphatic carbocycles. The van der Waals surface area contributed by atoms with Crippen LogP contribution in [0.1, 0.15) is 52.0 Å². The van der Waals surface area contributed by atoms with Crippen molar-refractivity contribution in [1.82, 2.24) is 20.1 Å². The Kier molecular flexibility index (Phi) is 4.83. The minimum Gasteiger partial charge on any atom is -0.349 e. The highest BCUT2D eigenvalue weighted by Crippen LogP contribution is 2.33. The van der Waals surface area contributed by atoms with E-state index < -0.39 is 0 Å². The third-order valence-corrected chi connectivity index (χ3v) is 6.13. The number of rotatable bonds is 4. The lowest BCUT2D eigenvalue weighted by atomic mass is 10.1. The number of H-pyrrole nitrogens is 1. The Labute approximate surface area is 178 Å². The average molecular weight is 424 g/mol. The highest BCUT2D eigenvalue weighted by atomic mass is 35.5. The fourth-order valence-corrected chi connectivity index (χ4v) is 4.52. The molecule has 154 valence electrons. The molecule has 1 saturated carbocycles. The van der Waals surface area contributed by atoms with Crippen molar-refractivity contribution in [2.75, 3.05) is 5.32 Å². The van der Waals surface area contributed by atoms with Crippen LogP contribution < -0.4 is 10.6 Å². The second-order valence-corrected chi connectivity index (χ2v) is 8.34. The van der Waals surface area contributed by atoms with Gasteiger partial charge in [-0.15, -0.1) is 0 Å². The summed E-state index contributed by atoms with van der Waals surface area (Å²) in [6.07, 6.45) is 7.08. The van der Waals surface area contributed by atoms with Crippen molar-refractivity contribution < 1.29 is 9.59 Å². The van der Waals surface area contributed by atoms with Crippen LogP contribution in [0.25, 0.3) is 11.4 Å². The van der Waals surface area contributed by atoms with Crippen LogP contribution in [0.2, 0.25) is 5.02 Å². The Bertz CT molecular complexity index is 1130. The molecule has 0 radical (unpaired) electrons. The topological polar surface area (TPSA) is 91.8 Å². The van der Waals surface area contributed by atoms with E-state index in [9.17, 15) is 9.59 Å². The molecular weight excluding hydrogens is 402 g/mol. The lowest BCUT2D eigenvalue weighted by Crippen LogP contribution is -2.32. The predicted octanol–water partition coefficient (Wildman–Crippen LogP) is 4.01. The first-order valence-electron chi connectivity index (χ1n) is 10.2. The molecule has 0 unspecified atom stereocenters. The number of anilines is 1. The Hall–Kier alpha value is -3.06. The van der Waals surface area contributed by atoms with E-state index in [1.165, 1.54) is 12.8 Å². The van der Waals surface area contributed by atoms with Crippen LogP contribution >= 0.6 is 11.6 Å². The summed E-state index contributed by atoms with van der Waals surface area (Å²) in [5.41, 5.74) is 3.82. The molecule has 0 saturated heterocycles. The van der Waals surface area contributed by atoms with Gasteiger partial charge in [0.15, 0.2) is 5.82 Å². The molecule has 3 N–H and O–H groups in total. The van der Waals surface area contributed by atoms with Gasteiger partial charge in [0.25, 0.3) is 11.8 Å². The van der Waals surface area contributed by atoms with Crippen molar-refractivity contribution in [2.45, 2.75) is 44.7 Å². The van der Waals surface area contributed by atoms with E-state index in [4.69, 9.17) is 11.6 Å². The van der Waals surface area contributed by atoms with E-state index in [0.29, 0.717) is 28.4 Å². The molecule has 3 heterocycles. The molecule has 5 rings (SSSR count). The first-order valence-corrected chi connectivity index (χ1v) is 10.6. The summed E-state index contributed by atoms with van der Waals surface area (Å²) in [5, 5.41) is 13.9. The summed E-state index contributed by atoms with van der Waals surface area (Å²) < 4.78 is 2.06. The van der Waals surface area contributed by atoms with Crippen LogP contribution in [-0.4, -0.2) is 32.6 Å². The Morgan fingerprint density at radius 1 is 1.13 bits per heavy atom. The second-order valence-electron chi connectivity index (χ2n) is 7.90. The van der Waals surface area contributed by atoms with Gasteiger partial charge < -0.3 is 15.2 Å². The van der Waals surface area contributed by atoms with E-state index in [2.05, 4.69) is 25.4 Å². The Morgan fingerprint density at radius 3 is 2.77 bits per heavy atom. The minimum atomic E-state index is -0.260. The summed E-state index contributed by atoms with van der Waals surface area (Å²) in [7, 11) is 0. The molecule has 2 aromatic heterocycles. The van der Waals surface area contributed by atoms with Crippen LogP contribution in [0.3, 0.4) is 0 Å². The summed E-state index contributed by atoms with van der Waals surface area (Å²) in [6, 6.07) is 8.97. The van der Waals surface area contributed by atoms with Gasteiger partial charge in [-0.05, 0) is 43.5 Å². The number of aryl methyl sites for hydroxylation is 1. The monoisotopic (exact) mass is 423 g/mol. The minimum absolute atomic E-state index is 0.0284. The second kappa shape index (κ2) is 7.65. The fraction of sp³-hybridized carbons (Fsp3) is 0.318. The highest BCUT2D eigenvalue weighted by molar-refractivity contribution is 6.31. The van der Waals surface area contributed by atoms with Gasteiger partial charge in [0.05, 0.1) is 17.0 Å². The van der Waals surface area contributed by atoms with E-state index in [-0.39, 0.29) is 17.9 Å². The standard InChI is InChI=1S/C22H22ClN5O2/c23-15-5-3-4-13(10-15)21(29)25-20-17-8-9-28-12-14(11-18(28)19(17)26-27-20)22(30)24-16-6-1-2-7-16/h3-5,10-12,16H,1-2,6-9H2,(H,24,30)(H2,25,26,27,29). The molecule has 1 fully saturated rings. The van der Waals surface area contributed by atoms with Gasteiger partial charge in [0.2, 0.25) is 0 Å². The lowest BCUT2D eigenvalue weighted by molar-refractivity contribution is 0.0937. The number of hydrogen-bond acceptors (Lipinski definition) is 3. The lowest BCUT2D eigenvalue weighted by Gasteiger charge is -2.16.